The van der Waals surface area contributed by atoms with Crippen LogP contribution in [0.25, 0.3) is 0 Å². The van der Waals surface area contributed by atoms with Crippen LogP contribution in [-0.4, -0.2) is 5.91 Å². The van der Waals surface area contributed by atoms with Crippen molar-refractivity contribution in [3.8, 4) is 0 Å². The molecular formula is C13H9Br3N2O. The van der Waals surface area contributed by atoms with Crippen LogP contribution >= 0.6 is 47.8 Å². The lowest BCUT2D eigenvalue weighted by Gasteiger charge is -2.11. The van der Waals surface area contributed by atoms with Crippen LogP contribution in [-0.2, 0) is 0 Å². The van der Waals surface area contributed by atoms with E-state index in [0.717, 1.165) is 8.95 Å². The van der Waals surface area contributed by atoms with Crippen molar-refractivity contribution in [2.75, 3.05) is 11.1 Å². The van der Waals surface area contributed by atoms with Crippen LogP contribution in [0.2, 0.25) is 0 Å². The van der Waals surface area contributed by atoms with Crippen LogP contribution in [0.15, 0.2) is 49.8 Å². The van der Waals surface area contributed by atoms with E-state index in [9.17, 15) is 4.79 Å². The van der Waals surface area contributed by atoms with Crippen molar-refractivity contribution in [2.24, 2.45) is 0 Å². The first-order chi connectivity index (χ1) is 8.99. The summed E-state index contributed by atoms with van der Waals surface area (Å²) in [6.07, 6.45) is 0. The smallest absolute Gasteiger partial charge is 0.256 e. The summed E-state index contributed by atoms with van der Waals surface area (Å²) in [5.74, 6) is -0.230. The first-order valence-electron chi connectivity index (χ1n) is 5.29. The highest BCUT2D eigenvalue weighted by Crippen LogP contribution is 2.31. The molecule has 2 aromatic rings. The molecule has 0 saturated heterocycles. The normalized spacial score (nSPS) is 10.3. The van der Waals surface area contributed by atoms with Gasteiger partial charge >= 0.3 is 0 Å². The van der Waals surface area contributed by atoms with Gasteiger partial charge in [-0.2, -0.15) is 0 Å². The summed E-state index contributed by atoms with van der Waals surface area (Å²) in [4.78, 5) is 12.3. The van der Waals surface area contributed by atoms with Gasteiger partial charge in [0, 0.05) is 19.1 Å². The molecule has 0 atom stereocenters. The van der Waals surface area contributed by atoms with Crippen LogP contribution in [0.3, 0.4) is 0 Å². The molecule has 0 fully saturated rings. The zero-order valence-electron chi connectivity index (χ0n) is 9.58. The topological polar surface area (TPSA) is 55.1 Å². The monoisotopic (exact) mass is 446 g/mol. The molecule has 0 aromatic heterocycles. The van der Waals surface area contributed by atoms with Crippen LogP contribution in [0, 0.1) is 0 Å². The minimum atomic E-state index is -0.230. The van der Waals surface area contributed by atoms with E-state index in [4.69, 9.17) is 5.73 Å². The van der Waals surface area contributed by atoms with E-state index in [1.807, 2.05) is 18.2 Å². The van der Waals surface area contributed by atoms with Crippen molar-refractivity contribution in [2.45, 2.75) is 0 Å². The van der Waals surface area contributed by atoms with E-state index in [1.54, 1.807) is 18.2 Å². The van der Waals surface area contributed by atoms with E-state index in [0.29, 0.717) is 21.4 Å². The minimum absolute atomic E-state index is 0.230. The molecule has 0 saturated carbocycles. The van der Waals surface area contributed by atoms with Crippen molar-refractivity contribution < 1.29 is 4.79 Å². The van der Waals surface area contributed by atoms with Crippen molar-refractivity contribution in [3.63, 3.8) is 0 Å². The van der Waals surface area contributed by atoms with E-state index in [-0.39, 0.29) is 5.91 Å². The molecule has 19 heavy (non-hydrogen) atoms. The van der Waals surface area contributed by atoms with Gasteiger partial charge < -0.3 is 11.1 Å². The average Bonchev–Trinajstić information content (AvgIpc) is 2.37. The maximum Gasteiger partial charge on any atom is 0.256 e. The molecule has 0 spiro atoms. The van der Waals surface area contributed by atoms with Crippen molar-refractivity contribution in [3.05, 3.63) is 55.4 Å². The van der Waals surface area contributed by atoms with Gasteiger partial charge in [0.05, 0.1) is 11.3 Å². The van der Waals surface area contributed by atoms with Crippen molar-refractivity contribution >= 4 is 65.1 Å². The van der Waals surface area contributed by atoms with Gasteiger partial charge in [-0.1, -0.05) is 6.07 Å². The third-order valence-corrected chi connectivity index (χ3v) is 4.45. The Balaban J connectivity index is 2.34. The Morgan fingerprint density at radius 2 is 1.63 bits per heavy atom. The molecular weight excluding hydrogens is 440 g/mol. The lowest BCUT2D eigenvalue weighted by atomic mass is 10.2. The summed E-state index contributed by atoms with van der Waals surface area (Å²) in [6.45, 7) is 0. The number of nitrogen functional groups attached to an aromatic ring is 1. The molecule has 98 valence electrons. The Kier molecular flexibility index (Phi) is 4.65. The molecule has 1 amide bonds. The quantitative estimate of drug-likeness (QED) is 0.648. The fourth-order valence-corrected chi connectivity index (χ4v) is 3.14. The zero-order valence-corrected chi connectivity index (χ0v) is 14.3. The van der Waals surface area contributed by atoms with Crippen LogP contribution in [0.5, 0.6) is 0 Å². The summed E-state index contributed by atoms with van der Waals surface area (Å²) in [5, 5.41) is 2.84. The highest BCUT2D eigenvalue weighted by Gasteiger charge is 2.13. The second-order valence-electron chi connectivity index (χ2n) is 3.79. The summed E-state index contributed by atoms with van der Waals surface area (Å²) >= 11 is 10.1. The van der Waals surface area contributed by atoms with Gasteiger partial charge in [-0.05, 0) is 78.1 Å². The Morgan fingerprint density at radius 3 is 2.26 bits per heavy atom. The van der Waals surface area contributed by atoms with Gasteiger partial charge in [-0.25, -0.2) is 0 Å². The average molecular weight is 449 g/mol. The molecule has 0 bridgehead atoms. The molecule has 0 aliphatic rings. The number of para-hydroxylation sites is 1. The fraction of sp³-hybridized carbons (Fsp3) is 0. The number of anilines is 2. The van der Waals surface area contributed by atoms with E-state index in [1.165, 1.54) is 0 Å². The zero-order chi connectivity index (χ0) is 14.0. The third kappa shape index (κ3) is 3.38. The van der Waals surface area contributed by atoms with E-state index >= 15 is 0 Å². The number of halogens is 3. The van der Waals surface area contributed by atoms with E-state index in [2.05, 4.69) is 53.1 Å². The summed E-state index contributed by atoms with van der Waals surface area (Å²) in [6, 6.07) is 10.7. The number of hydrogen-bond acceptors (Lipinski definition) is 2. The Labute approximate surface area is 136 Å². The van der Waals surface area contributed by atoms with Gasteiger partial charge in [-0.15, -0.1) is 0 Å². The second kappa shape index (κ2) is 6.07. The molecule has 2 aromatic carbocycles. The molecule has 0 unspecified atom stereocenters. The maximum atomic E-state index is 12.3. The van der Waals surface area contributed by atoms with Crippen molar-refractivity contribution in [1.29, 1.82) is 0 Å². The molecule has 3 nitrogen and oxygen atoms in total. The van der Waals surface area contributed by atoms with Gasteiger partial charge in [-0.3, -0.25) is 4.79 Å². The Hall–Kier alpha value is -0.850. The predicted molar refractivity (Wildman–Crippen MR) is 88.3 cm³/mol. The Bertz CT molecular complexity index is 624. The third-order valence-electron chi connectivity index (χ3n) is 2.44. The maximum absolute atomic E-state index is 12.3. The summed E-state index contributed by atoms with van der Waals surface area (Å²) < 4.78 is 2.30. The number of carbonyl (C=O) groups excluding carboxylic acids is 1. The van der Waals surface area contributed by atoms with Gasteiger partial charge in [0.2, 0.25) is 0 Å². The van der Waals surface area contributed by atoms with Crippen LogP contribution in [0.4, 0.5) is 11.4 Å². The number of nitrogens with two attached hydrogens (primary N) is 1. The first-order valence-corrected chi connectivity index (χ1v) is 7.67. The molecule has 3 N–H and O–H groups in total. The highest BCUT2D eigenvalue weighted by molar-refractivity contribution is 9.11. The number of hydrogen-bond donors (Lipinski definition) is 2. The Morgan fingerprint density at radius 1 is 1.00 bits per heavy atom. The van der Waals surface area contributed by atoms with Gasteiger partial charge in [0.1, 0.15) is 0 Å². The molecule has 0 aliphatic heterocycles. The minimum Gasteiger partial charge on any atom is -0.399 e. The lowest BCUT2D eigenvalue weighted by molar-refractivity contribution is 0.102. The number of benzene rings is 2. The summed E-state index contributed by atoms with van der Waals surface area (Å²) in [5.41, 5.74) is 7.41. The number of amides is 1. The molecule has 0 radical (unpaired) electrons. The number of rotatable bonds is 2. The van der Waals surface area contributed by atoms with Gasteiger partial charge in [0.25, 0.3) is 5.91 Å². The van der Waals surface area contributed by atoms with Crippen molar-refractivity contribution in [1.82, 2.24) is 0 Å². The number of carbonyl (C=O) groups is 1. The standard InChI is InChI=1S/C13H9Br3N2O/c14-9-5-4-7(17)6-8(9)13(19)18-12-10(15)2-1-3-11(12)16/h1-6H,17H2,(H,18,19). The van der Waals surface area contributed by atoms with E-state index < -0.39 is 0 Å². The lowest BCUT2D eigenvalue weighted by Crippen LogP contribution is -2.13. The highest BCUT2D eigenvalue weighted by atomic mass is 79.9. The first kappa shape index (κ1) is 14.6. The number of nitrogens with one attached hydrogen (secondary N) is 1. The molecule has 0 aliphatic carbocycles. The second-order valence-corrected chi connectivity index (χ2v) is 6.35. The summed E-state index contributed by atoms with van der Waals surface area (Å²) in [7, 11) is 0. The predicted octanol–water partition coefficient (Wildman–Crippen LogP) is 4.81. The molecule has 0 heterocycles. The largest absolute Gasteiger partial charge is 0.399 e. The van der Waals surface area contributed by atoms with Crippen LogP contribution < -0.4 is 11.1 Å². The van der Waals surface area contributed by atoms with Gasteiger partial charge in [0.15, 0.2) is 0 Å². The molecule has 2 rings (SSSR count). The van der Waals surface area contributed by atoms with Crippen LogP contribution in [0.1, 0.15) is 10.4 Å². The molecule has 6 heteroatoms. The fourth-order valence-electron chi connectivity index (χ4n) is 1.51. The SMILES string of the molecule is Nc1ccc(Br)c(C(=O)Nc2c(Br)cccc2Br)c1.